The van der Waals surface area contributed by atoms with E-state index in [2.05, 4.69) is 37.2 Å². The predicted molar refractivity (Wildman–Crippen MR) is 417 cm³/mol. The van der Waals surface area contributed by atoms with Crippen LogP contribution in [0.25, 0.3) is 0 Å². The molecule has 1 saturated carbocycles. The van der Waals surface area contributed by atoms with Gasteiger partial charge in [-0.3, -0.25) is 62.5 Å². The van der Waals surface area contributed by atoms with Crippen LogP contribution < -0.4 is 48.7 Å². The van der Waals surface area contributed by atoms with Crippen LogP contribution in [-0.2, 0) is 73.5 Å². The van der Waals surface area contributed by atoms with Crippen molar-refractivity contribution in [3.63, 3.8) is 0 Å². The minimum absolute atomic E-state index is 0.0443. The number of methoxy groups -OCH3 is 2. The van der Waals surface area contributed by atoms with Crippen LogP contribution in [0.5, 0.6) is 0 Å². The Kier molecular flexibility index (Phi) is 37.7. The first-order chi connectivity index (χ1) is 53.3. The van der Waals surface area contributed by atoms with Gasteiger partial charge >= 0.3 is 18.2 Å². The van der Waals surface area contributed by atoms with Crippen LogP contribution in [0.1, 0.15) is 162 Å². The van der Waals surface area contributed by atoms with E-state index in [4.69, 9.17) is 30.4 Å². The van der Waals surface area contributed by atoms with Gasteiger partial charge in [0.15, 0.2) is 5.78 Å². The lowest BCUT2D eigenvalue weighted by molar-refractivity contribution is -0.148. The normalized spacial score (nSPS) is 18.2. The lowest BCUT2D eigenvalue weighted by atomic mass is 9.89. The van der Waals surface area contributed by atoms with E-state index in [9.17, 15) is 71.1 Å². The second-order valence-electron chi connectivity index (χ2n) is 31.0. The fourth-order valence-corrected chi connectivity index (χ4v) is 15.7. The lowest BCUT2D eigenvalue weighted by Gasteiger charge is -2.41. The minimum atomic E-state index is -1.15. The Morgan fingerprint density at radius 1 is 0.735 bits per heavy atom. The molecule has 2 saturated heterocycles. The Bertz CT molecular complexity index is 3600. The highest BCUT2D eigenvalue weighted by Gasteiger charge is 2.49. The molecule has 5 rings (SSSR count). The topological polar surface area (TPSA) is 428 Å². The first kappa shape index (κ1) is 94.5. The molecular formula is C78H120F2N14O18S. The van der Waals surface area contributed by atoms with E-state index < -0.39 is 155 Å². The number of halogens is 2. The molecule has 2 heterocycles. The van der Waals surface area contributed by atoms with Gasteiger partial charge < -0.3 is 82.3 Å². The Labute approximate surface area is 665 Å². The van der Waals surface area contributed by atoms with E-state index in [1.165, 1.54) is 59.6 Å². The van der Waals surface area contributed by atoms with E-state index in [1.807, 2.05) is 41.5 Å². The van der Waals surface area contributed by atoms with Gasteiger partial charge in [0.2, 0.25) is 59.1 Å². The number of unbranched alkanes of at least 4 members (excludes halogenated alkanes) is 2. The van der Waals surface area contributed by atoms with Crippen LogP contribution in [0.3, 0.4) is 0 Å². The number of alkyl carbamates (subject to hydrolysis) is 1. The number of Topliss-reactive ketones (excluding diaryl/α,β-unsaturated/α-hetero) is 1. The molecule has 0 aromatic heterocycles. The number of anilines is 1. The maximum absolute atomic E-state index is 15.0. The second kappa shape index (κ2) is 45.1. The highest BCUT2D eigenvalue weighted by Crippen LogP contribution is 2.52. The quantitative estimate of drug-likeness (QED) is 0.0240. The maximum Gasteiger partial charge on any atom is 0.409 e. The number of amides is 14. The van der Waals surface area contributed by atoms with Gasteiger partial charge in [0.05, 0.1) is 66.6 Å². The molecule has 0 spiro atoms. The predicted octanol–water partition coefficient (Wildman–Crippen LogP) is 4.97. The van der Waals surface area contributed by atoms with E-state index in [1.54, 1.807) is 64.2 Å². The number of urea groups is 1. The summed E-state index contributed by atoms with van der Waals surface area (Å²) in [6.07, 6.45) is -0.921. The zero-order chi connectivity index (χ0) is 84.3. The number of nitrogens with two attached hydrogens (primary N) is 2. The molecule has 3 aliphatic rings. The number of ketones is 1. The fraction of sp³-hybridized carbons (Fsp3) is 0.667. The third-order valence-corrected chi connectivity index (χ3v) is 22.5. The average Bonchev–Trinajstić information content (AvgIpc) is 1.76. The summed E-state index contributed by atoms with van der Waals surface area (Å²) >= 11 is 1.39. The molecule has 1 aliphatic carbocycles. The summed E-state index contributed by atoms with van der Waals surface area (Å²) in [6.45, 7) is 15.1. The van der Waals surface area contributed by atoms with Gasteiger partial charge in [-0.25, -0.2) is 23.2 Å². The van der Waals surface area contributed by atoms with Crippen molar-refractivity contribution in [1.29, 1.82) is 0 Å². The molecule has 2 aromatic rings. The Balaban J connectivity index is 1.17. The van der Waals surface area contributed by atoms with Gasteiger partial charge in [-0.2, -0.15) is 0 Å². The molecule has 630 valence electrons. The number of primary amides is 2. The zero-order valence-electron chi connectivity index (χ0n) is 68.0. The van der Waals surface area contributed by atoms with Crippen LogP contribution in [0.15, 0.2) is 42.5 Å². The highest BCUT2D eigenvalue weighted by atomic mass is 32.2. The summed E-state index contributed by atoms with van der Waals surface area (Å²) in [4.78, 5) is 194. The van der Waals surface area contributed by atoms with Crippen molar-refractivity contribution in [2.45, 2.75) is 212 Å². The number of imide groups is 1. The first-order valence-electron chi connectivity index (χ1n) is 38.7. The Hall–Kier alpha value is -9.09. The van der Waals surface area contributed by atoms with Gasteiger partial charge in [0, 0.05) is 91.6 Å². The number of likely N-dealkylation sites (tertiary alicyclic amines) is 2. The number of ether oxygens (including phenoxy) is 4. The van der Waals surface area contributed by atoms with Gasteiger partial charge in [-0.05, 0) is 112 Å². The largest absolute Gasteiger partial charge is 0.445 e. The summed E-state index contributed by atoms with van der Waals surface area (Å²) in [7, 11) is 9.30. The minimum Gasteiger partial charge on any atom is -0.445 e. The van der Waals surface area contributed by atoms with Crippen molar-refractivity contribution in [1.82, 2.24) is 56.4 Å². The van der Waals surface area contributed by atoms with Crippen LogP contribution >= 0.6 is 11.8 Å². The van der Waals surface area contributed by atoms with Crippen molar-refractivity contribution < 1.29 is 94.9 Å². The summed E-state index contributed by atoms with van der Waals surface area (Å²) in [5.74, 6) is -9.55. The molecule has 2 aromatic carbocycles. The highest BCUT2D eigenvalue weighted by molar-refractivity contribution is 8.00. The van der Waals surface area contributed by atoms with E-state index in [0.717, 1.165) is 31.0 Å². The number of carbonyl (C=O) groups excluding carboxylic acids is 14. The Morgan fingerprint density at radius 2 is 1.39 bits per heavy atom. The first-order valence-corrected chi connectivity index (χ1v) is 39.8. The molecule has 2 aliphatic heterocycles. The van der Waals surface area contributed by atoms with E-state index >= 15 is 4.79 Å². The molecular weight excluding hydrogens is 1490 g/mol. The smallest absolute Gasteiger partial charge is 0.409 e. The summed E-state index contributed by atoms with van der Waals surface area (Å²) in [5, 5.41) is 18.2. The molecule has 0 bridgehead atoms. The lowest BCUT2D eigenvalue weighted by Crippen LogP contribution is -2.59. The molecule has 11 N–H and O–H groups in total. The van der Waals surface area contributed by atoms with Crippen molar-refractivity contribution >= 4 is 101 Å². The fourth-order valence-electron chi connectivity index (χ4n) is 14.2. The molecule has 12 atom stereocenters. The molecule has 3 fully saturated rings. The third-order valence-electron chi connectivity index (χ3n) is 21.0. The molecule has 35 heteroatoms. The van der Waals surface area contributed by atoms with Crippen LogP contribution in [0.2, 0.25) is 0 Å². The van der Waals surface area contributed by atoms with Gasteiger partial charge in [-0.1, -0.05) is 93.4 Å². The van der Waals surface area contributed by atoms with E-state index in [-0.39, 0.29) is 131 Å². The summed E-state index contributed by atoms with van der Waals surface area (Å²) in [5.41, 5.74) is 10.4. The van der Waals surface area contributed by atoms with Crippen molar-refractivity contribution in [3.05, 3.63) is 65.2 Å². The van der Waals surface area contributed by atoms with Crippen LogP contribution in [0.4, 0.5) is 28.9 Å². The zero-order valence-corrected chi connectivity index (χ0v) is 68.8. The molecule has 32 nitrogen and oxygen atoms in total. The third kappa shape index (κ3) is 28.5. The molecule has 14 amide bonds. The number of likely N-dealkylation sites (N-methyl/N-ethyl adjacent to an activating group) is 3. The van der Waals surface area contributed by atoms with Crippen molar-refractivity contribution in [2.75, 3.05) is 92.7 Å². The monoisotopic (exact) mass is 1610 g/mol. The molecule has 1 unspecified atom stereocenters. The van der Waals surface area contributed by atoms with Crippen molar-refractivity contribution in [2.24, 2.45) is 46.5 Å². The Morgan fingerprint density at radius 3 is 1.96 bits per heavy atom. The van der Waals surface area contributed by atoms with Crippen LogP contribution in [-0.4, -0.2) is 255 Å². The summed E-state index contributed by atoms with van der Waals surface area (Å²) in [6, 6.07) is 2.98. The number of thioether (sulfide) groups is 1. The molecule has 113 heavy (non-hydrogen) atoms. The number of rotatable bonds is 47. The number of carbonyl (C=O) groups is 14. The number of hydrogen-bond acceptors (Lipinski definition) is 20. The summed E-state index contributed by atoms with van der Waals surface area (Å²) < 4.78 is 52.6. The number of nitrogens with zero attached hydrogens (tertiary/aromatic N) is 5. The molecule has 0 radical (unpaired) electrons. The van der Waals surface area contributed by atoms with Gasteiger partial charge in [0.25, 0.3) is 0 Å². The SMILES string of the molecule is CC[C@H](C)[C@@H]([C@@H](CC(=O)N1C[C@@H](OC(=O)N(C)CCNC(=O)OCc2ccc(NC(=O)[C@H](CCCNC(N)=O)NC(=O)[C@@H](NC(=O)CCCCCN3C(=O)CC(SCC4(CC(N)=O)CC4)C3=O)C(C)C)cc2)C[C@H]1[C@H](OC)[C@@H](C)C(=O)NCC(=O)c1c(F)cccc1F)OC)N(C)C(=O)[C@@H](NC(=O)[C@H](C(C)C)N(C)C)C(C)C. The van der Waals surface area contributed by atoms with Gasteiger partial charge in [-0.15, -0.1) is 11.8 Å². The van der Waals surface area contributed by atoms with Gasteiger partial charge in [0.1, 0.15) is 42.5 Å². The standard InChI is InChI=1S/C78H120F2N14O18S/c1-16-47(8)67(92(13)74(105)65(45(4)5)89-72(103)66(46(6)7)90(10)11)57(109-14)37-61(98)94-41-51(36-55(94)68(110-15)48(9)69(100)85-40-56(95)63-52(79)22-20-23-53(63)80)112-77(108)91(12)35-33-84-76(107)111-42-49-26-28-50(29-27-49)86-70(101)54(24-21-32-83-75(82)106)87-71(102)64(44(2)3)88-60(97)25-18-17-19-34-93-62(99)38-58(73(93)104)113-43-78(30-31-78)39-59(81)96/h20,22-23,26-29,44-48,51,54-55,57-58,64-68H,16-19,21,24-25,30-43H2,1-15H3,(H2,81,96)(H,84,107)(H,85,100)(H,86,101)(H,87,102)(H,88,97)(H,89,103)(H3,82,83,106)/t47-,48+,51-,54-,55-,57+,58?,64-,65-,66-,67-,68+/m0/s1. The number of nitrogens with one attached hydrogen (secondary N) is 7. The number of benzene rings is 2. The second-order valence-corrected chi connectivity index (χ2v) is 32.2. The van der Waals surface area contributed by atoms with Crippen LogP contribution in [0, 0.1) is 46.6 Å². The number of hydrogen-bond donors (Lipinski definition) is 9. The van der Waals surface area contributed by atoms with Crippen molar-refractivity contribution in [3.8, 4) is 0 Å². The van der Waals surface area contributed by atoms with E-state index in [0.29, 0.717) is 42.7 Å². The maximum atomic E-state index is 15.0. The average molecular weight is 1610 g/mol.